The van der Waals surface area contributed by atoms with Crippen LogP contribution in [0.3, 0.4) is 0 Å². The molecule has 0 bridgehead atoms. The lowest BCUT2D eigenvalue weighted by atomic mass is 10.1. The number of aromatic amines is 1. The largest absolute Gasteiger partial charge is 0.394 e. The molecule has 8 nitrogen and oxygen atoms in total. The van der Waals surface area contributed by atoms with Crippen LogP contribution in [0.4, 0.5) is 0 Å². The van der Waals surface area contributed by atoms with Gasteiger partial charge in [0.1, 0.15) is 23.7 Å². The summed E-state index contributed by atoms with van der Waals surface area (Å²) in [5, 5.41) is 37.0. The van der Waals surface area contributed by atoms with Gasteiger partial charge in [-0.25, -0.2) is 4.79 Å². The lowest BCUT2D eigenvalue weighted by Crippen LogP contribution is -2.45. The maximum Gasteiger partial charge on any atom is 0.329 e. The summed E-state index contributed by atoms with van der Waals surface area (Å²) >= 11 is 1.15. The number of aliphatic hydroxyl groups is 4. The van der Waals surface area contributed by atoms with Crippen molar-refractivity contribution >= 4 is 11.8 Å². The highest BCUT2D eigenvalue weighted by Gasteiger charge is 2.32. The van der Waals surface area contributed by atoms with Gasteiger partial charge in [0.2, 0.25) is 0 Å². The third kappa shape index (κ3) is 3.93. The summed E-state index contributed by atoms with van der Waals surface area (Å²) in [7, 11) is 0. The Bertz CT molecular complexity index is 530. The van der Waals surface area contributed by atoms with Crippen molar-refractivity contribution in [2.24, 2.45) is 0 Å². The SMILES string of the molecule is CCS[C@H]([C@H](O)[C@H](O)[C@H](O)CO)n1ccc(=O)[nH]c1=O. The molecule has 1 heterocycles. The summed E-state index contributed by atoms with van der Waals surface area (Å²) in [5.41, 5.74) is -1.30. The van der Waals surface area contributed by atoms with Crippen LogP contribution in [0.15, 0.2) is 21.9 Å². The molecular weight excluding hydrogens is 288 g/mol. The topological polar surface area (TPSA) is 136 Å². The molecular formula is C11H18N2O6S. The minimum absolute atomic E-state index is 0.523. The van der Waals surface area contributed by atoms with Crippen molar-refractivity contribution in [3.05, 3.63) is 33.1 Å². The molecule has 0 aromatic carbocycles. The van der Waals surface area contributed by atoms with Crippen LogP contribution < -0.4 is 11.2 Å². The number of nitrogens with one attached hydrogen (secondary N) is 1. The minimum Gasteiger partial charge on any atom is -0.394 e. The van der Waals surface area contributed by atoms with Crippen LogP contribution in [-0.4, -0.2) is 60.6 Å². The fourth-order valence-electron chi connectivity index (χ4n) is 1.65. The summed E-state index contributed by atoms with van der Waals surface area (Å²) in [4.78, 5) is 24.8. The Labute approximate surface area is 118 Å². The van der Waals surface area contributed by atoms with Crippen molar-refractivity contribution in [2.45, 2.75) is 30.6 Å². The molecule has 4 atom stereocenters. The lowest BCUT2D eigenvalue weighted by molar-refractivity contribution is -0.0821. The van der Waals surface area contributed by atoms with E-state index < -0.39 is 41.5 Å². The van der Waals surface area contributed by atoms with Gasteiger partial charge in [-0.15, -0.1) is 11.8 Å². The average Bonchev–Trinajstić information content (AvgIpc) is 2.43. The van der Waals surface area contributed by atoms with Crippen molar-refractivity contribution < 1.29 is 20.4 Å². The quantitative estimate of drug-likeness (QED) is 0.388. The number of thioether (sulfide) groups is 1. The normalized spacial score (nSPS) is 17.4. The minimum atomic E-state index is -1.62. The Morgan fingerprint density at radius 3 is 2.45 bits per heavy atom. The summed E-state index contributed by atoms with van der Waals surface area (Å²) in [6.07, 6.45) is -3.44. The Hall–Kier alpha value is -1.13. The van der Waals surface area contributed by atoms with Crippen LogP contribution in [-0.2, 0) is 0 Å². The number of rotatable bonds is 7. The molecule has 0 spiro atoms. The summed E-state index contributed by atoms with van der Waals surface area (Å²) in [6, 6.07) is 1.12. The molecule has 0 saturated heterocycles. The first-order valence-corrected chi connectivity index (χ1v) is 7.05. The third-order valence-corrected chi connectivity index (χ3v) is 3.87. The zero-order chi connectivity index (χ0) is 15.3. The van der Waals surface area contributed by atoms with Crippen LogP contribution in [0.25, 0.3) is 0 Å². The van der Waals surface area contributed by atoms with Gasteiger partial charge in [-0.1, -0.05) is 6.92 Å². The number of hydrogen-bond acceptors (Lipinski definition) is 7. The van der Waals surface area contributed by atoms with Gasteiger partial charge in [0.05, 0.1) is 6.61 Å². The molecule has 0 aliphatic carbocycles. The van der Waals surface area contributed by atoms with Crippen LogP contribution >= 0.6 is 11.8 Å². The van der Waals surface area contributed by atoms with E-state index in [-0.39, 0.29) is 0 Å². The first kappa shape index (κ1) is 16.9. The van der Waals surface area contributed by atoms with Gasteiger partial charge in [0.25, 0.3) is 5.56 Å². The van der Waals surface area contributed by atoms with E-state index in [1.165, 1.54) is 6.20 Å². The van der Waals surface area contributed by atoms with Crippen LogP contribution in [0.1, 0.15) is 12.3 Å². The van der Waals surface area contributed by atoms with Gasteiger partial charge in [-0.3, -0.25) is 14.3 Å². The van der Waals surface area contributed by atoms with E-state index in [9.17, 15) is 24.9 Å². The average molecular weight is 306 g/mol. The van der Waals surface area contributed by atoms with E-state index in [2.05, 4.69) is 0 Å². The Balaban J connectivity index is 3.10. The van der Waals surface area contributed by atoms with E-state index in [0.717, 1.165) is 22.4 Å². The van der Waals surface area contributed by atoms with Gasteiger partial charge in [0, 0.05) is 12.3 Å². The summed E-state index contributed by atoms with van der Waals surface area (Å²) in [5.74, 6) is 0.523. The second-order valence-corrected chi connectivity index (χ2v) is 5.49. The van der Waals surface area contributed by atoms with Gasteiger partial charge < -0.3 is 20.4 Å². The highest BCUT2D eigenvalue weighted by Crippen LogP contribution is 2.27. The Morgan fingerprint density at radius 1 is 1.30 bits per heavy atom. The van der Waals surface area contributed by atoms with Crippen molar-refractivity contribution in [1.82, 2.24) is 9.55 Å². The van der Waals surface area contributed by atoms with E-state index in [4.69, 9.17) is 5.11 Å². The van der Waals surface area contributed by atoms with Crippen LogP contribution in [0.5, 0.6) is 0 Å². The third-order valence-electron chi connectivity index (χ3n) is 2.69. The molecule has 0 radical (unpaired) electrons. The lowest BCUT2D eigenvalue weighted by Gasteiger charge is -2.29. The number of H-pyrrole nitrogens is 1. The molecule has 20 heavy (non-hydrogen) atoms. The zero-order valence-corrected chi connectivity index (χ0v) is 11.7. The van der Waals surface area contributed by atoms with E-state index in [0.29, 0.717) is 5.75 Å². The number of aromatic nitrogens is 2. The molecule has 0 aliphatic heterocycles. The molecule has 0 fully saturated rings. The molecule has 1 aromatic heterocycles. The highest BCUT2D eigenvalue weighted by atomic mass is 32.2. The van der Waals surface area contributed by atoms with Crippen molar-refractivity contribution in [3.63, 3.8) is 0 Å². The zero-order valence-electron chi connectivity index (χ0n) is 10.8. The Morgan fingerprint density at radius 2 is 1.95 bits per heavy atom. The van der Waals surface area contributed by atoms with Gasteiger partial charge in [-0.2, -0.15) is 0 Å². The van der Waals surface area contributed by atoms with Crippen molar-refractivity contribution in [1.29, 1.82) is 0 Å². The van der Waals surface area contributed by atoms with Crippen LogP contribution in [0.2, 0.25) is 0 Å². The first-order valence-electron chi connectivity index (χ1n) is 6.00. The van der Waals surface area contributed by atoms with E-state index in [1.807, 2.05) is 4.98 Å². The number of nitrogens with zero attached hydrogens (tertiary/aromatic N) is 1. The summed E-state index contributed by atoms with van der Waals surface area (Å²) < 4.78 is 1.06. The predicted octanol–water partition coefficient (Wildman–Crippen LogP) is -2.14. The molecule has 0 aliphatic rings. The van der Waals surface area contributed by atoms with Gasteiger partial charge in [-0.05, 0) is 5.75 Å². The van der Waals surface area contributed by atoms with Crippen molar-refractivity contribution in [3.8, 4) is 0 Å². The van der Waals surface area contributed by atoms with Crippen molar-refractivity contribution in [2.75, 3.05) is 12.4 Å². The highest BCUT2D eigenvalue weighted by molar-refractivity contribution is 7.99. The van der Waals surface area contributed by atoms with E-state index in [1.54, 1.807) is 6.92 Å². The standard InChI is InChI=1S/C11H18N2O6S/c1-2-20-10(9(18)8(17)6(15)5-14)13-4-3-7(16)12-11(13)19/h3-4,6,8-10,14-15,17-18H,2,5H2,1H3,(H,12,16,19)/t6-,8-,9-,10-/m1/s1. The molecule has 0 unspecified atom stereocenters. The second-order valence-electron chi connectivity index (χ2n) is 4.09. The molecule has 1 aromatic rings. The predicted molar refractivity (Wildman–Crippen MR) is 73.6 cm³/mol. The molecule has 0 saturated carbocycles. The molecule has 5 N–H and O–H groups in total. The maximum atomic E-state index is 11.7. The molecule has 9 heteroatoms. The molecule has 0 amide bonds. The summed E-state index contributed by atoms with van der Waals surface area (Å²) in [6.45, 7) is 1.07. The fraction of sp³-hybridized carbons (Fsp3) is 0.636. The molecule has 114 valence electrons. The number of aliphatic hydroxyl groups excluding tert-OH is 4. The van der Waals surface area contributed by atoms with Gasteiger partial charge >= 0.3 is 5.69 Å². The number of hydrogen-bond donors (Lipinski definition) is 5. The Kier molecular flexibility index (Phi) is 6.43. The maximum absolute atomic E-state index is 11.7. The van der Waals surface area contributed by atoms with Gasteiger partial charge in [0.15, 0.2) is 0 Å². The first-order chi connectivity index (χ1) is 9.42. The van der Waals surface area contributed by atoms with Crippen LogP contribution in [0, 0.1) is 0 Å². The molecule has 1 rings (SSSR count). The smallest absolute Gasteiger partial charge is 0.329 e. The fourth-order valence-corrected chi connectivity index (χ4v) is 2.67. The monoisotopic (exact) mass is 306 g/mol. The second kappa shape index (κ2) is 7.60. The van der Waals surface area contributed by atoms with E-state index >= 15 is 0 Å².